The van der Waals surface area contributed by atoms with E-state index in [1.54, 1.807) is 12.1 Å². The van der Waals surface area contributed by atoms with E-state index in [4.69, 9.17) is 9.47 Å². The van der Waals surface area contributed by atoms with Gasteiger partial charge in [0.1, 0.15) is 5.75 Å². The number of rotatable bonds is 4. The molecule has 2 aromatic rings. The second-order valence-corrected chi connectivity index (χ2v) is 9.24. The predicted octanol–water partition coefficient (Wildman–Crippen LogP) is 3.60. The van der Waals surface area contributed by atoms with Crippen molar-refractivity contribution in [3.8, 4) is 28.4 Å². The second-order valence-electron chi connectivity index (χ2n) is 7.70. The molecule has 0 spiro atoms. The van der Waals surface area contributed by atoms with Crippen LogP contribution in [-0.4, -0.2) is 45.5 Å². The first-order valence-corrected chi connectivity index (χ1v) is 11.1. The van der Waals surface area contributed by atoms with Crippen molar-refractivity contribution in [3.05, 3.63) is 41.0 Å². The van der Waals surface area contributed by atoms with Crippen molar-refractivity contribution in [3.63, 3.8) is 0 Å². The van der Waals surface area contributed by atoms with Gasteiger partial charge in [-0.2, -0.15) is 21.6 Å². The molecule has 2 aromatic carbocycles. The minimum Gasteiger partial charge on any atom is -0.493 e. The molecule has 0 unspecified atom stereocenters. The molecule has 11 heteroatoms. The van der Waals surface area contributed by atoms with Gasteiger partial charge in [-0.15, -0.1) is 0 Å². The fraction of sp³-hybridized carbons (Fsp3) is 0.381. The van der Waals surface area contributed by atoms with Crippen LogP contribution in [0.3, 0.4) is 0 Å². The molecule has 1 heterocycles. The molecular formula is C21H20F3NO6S. The molecular weight excluding hydrogens is 451 g/mol. The Labute approximate surface area is 182 Å². The number of carbonyl (C=O) groups excluding carboxylic acids is 1. The molecule has 4 rings (SSSR count). The Morgan fingerprint density at radius 3 is 2.53 bits per heavy atom. The van der Waals surface area contributed by atoms with Crippen LogP contribution in [0.15, 0.2) is 24.3 Å². The first-order valence-electron chi connectivity index (χ1n) is 9.69. The topological polar surface area (TPSA) is 82.1 Å². The number of fused-ring (bicyclic) bond motifs is 2. The summed E-state index contributed by atoms with van der Waals surface area (Å²) < 4.78 is 77.2. The van der Waals surface area contributed by atoms with Gasteiger partial charge in [-0.25, -0.2) is 0 Å². The molecule has 0 aromatic heterocycles. The minimum absolute atomic E-state index is 0.0758. The van der Waals surface area contributed by atoms with Crippen molar-refractivity contribution >= 4 is 16.1 Å². The van der Waals surface area contributed by atoms with Gasteiger partial charge in [-0.1, -0.05) is 6.07 Å². The third-order valence-corrected chi connectivity index (χ3v) is 6.66. The number of hydrogen-bond acceptors (Lipinski definition) is 7. The number of likely N-dealkylation sites (N-methyl/N-ethyl adjacent to an activating group) is 1. The molecule has 1 atom stereocenters. The molecule has 0 radical (unpaired) electrons. The maximum Gasteiger partial charge on any atom is 0.534 e. The van der Waals surface area contributed by atoms with Crippen molar-refractivity contribution in [2.24, 2.45) is 0 Å². The standard InChI is InChI=1S/C21H20F3NO6S/c1-11(26)30-20-17(29-3)5-4-12-9-16-18-13(6-7-25(16)2)8-14(10-15(18)19(12)20)31-32(27,28)21(22,23)24/h4-5,8,10,16H,6-7,9H2,1-3H3/t16-/m1/s1. The smallest absolute Gasteiger partial charge is 0.493 e. The van der Waals surface area contributed by atoms with Crippen molar-refractivity contribution in [1.82, 2.24) is 4.90 Å². The summed E-state index contributed by atoms with van der Waals surface area (Å²) in [6.45, 7) is 1.86. The average molecular weight is 471 g/mol. The lowest BCUT2D eigenvalue weighted by molar-refractivity contribution is -0.131. The van der Waals surface area contributed by atoms with E-state index in [0.29, 0.717) is 36.1 Å². The third kappa shape index (κ3) is 3.69. The number of alkyl halides is 3. The minimum atomic E-state index is -5.85. The first-order chi connectivity index (χ1) is 14.9. The van der Waals surface area contributed by atoms with E-state index in [1.165, 1.54) is 26.2 Å². The Morgan fingerprint density at radius 1 is 1.19 bits per heavy atom. The average Bonchev–Trinajstić information content (AvgIpc) is 2.69. The summed E-state index contributed by atoms with van der Waals surface area (Å²) in [6.07, 6.45) is 1.06. The highest BCUT2D eigenvalue weighted by Gasteiger charge is 2.49. The van der Waals surface area contributed by atoms with Crippen LogP contribution in [0, 0.1) is 0 Å². The van der Waals surface area contributed by atoms with Crippen LogP contribution in [0.4, 0.5) is 13.2 Å². The number of carbonyl (C=O) groups is 1. The zero-order valence-corrected chi connectivity index (χ0v) is 18.3. The summed E-state index contributed by atoms with van der Waals surface area (Å²) in [5, 5.41) is 0. The highest BCUT2D eigenvalue weighted by molar-refractivity contribution is 7.88. The Morgan fingerprint density at radius 2 is 1.91 bits per heavy atom. The van der Waals surface area contributed by atoms with Crippen molar-refractivity contribution in [2.45, 2.75) is 31.3 Å². The van der Waals surface area contributed by atoms with E-state index in [2.05, 4.69) is 9.08 Å². The van der Waals surface area contributed by atoms with E-state index >= 15 is 0 Å². The van der Waals surface area contributed by atoms with Crippen LogP contribution in [0.2, 0.25) is 0 Å². The van der Waals surface area contributed by atoms with Crippen molar-refractivity contribution in [1.29, 1.82) is 0 Å². The maximum atomic E-state index is 12.9. The normalized spacial score (nSPS) is 17.9. The molecule has 2 aliphatic rings. The van der Waals surface area contributed by atoms with Gasteiger partial charge < -0.3 is 13.7 Å². The molecule has 1 aliphatic heterocycles. The number of esters is 1. The molecule has 0 amide bonds. The van der Waals surface area contributed by atoms with Crippen LogP contribution < -0.4 is 13.7 Å². The Kier molecular flexibility index (Phi) is 5.36. The van der Waals surface area contributed by atoms with Crippen molar-refractivity contribution in [2.75, 3.05) is 20.7 Å². The SMILES string of the molecule is COc1ccc2c(c1OC(C)=O)-c1cc(OS(=O)(=O)C(F)(F)F)cc3c1[C@@H](C2)N(C)CC3. The summed E-state index contributed by atoms with van der Waals surface area (Å²) in [7, 11) is -2.50. The predicted molar refractivity (Wildman–Crippen MR) is 108 cm³/mol. The lowest BCUT2D eigenvalue weighted by Crippen LogP contribution is -2.36. The van der Waals surface area contributed by atoms with Crippen LogP contribution in [0.5, 0.6) is 17.2 Å². The van der Waals surface area contributed by atoms with Gasteiger partial charge in [0.15, 0.2) is 11.5 Å². The summed E-state index contributed by atoms with van der Waals surface area (Å²) in [4.78, 5) is 13.9. The van der Waals surface area contributed by atoms with E-state index in [0.717, 1.165) is 11.1 Å². The van der Waals surface area contributed by atoms with Crippen LogP contribution >= 0.6 is 0 Å². The number of hydrogen-bond donors (Lipinski definition) is 0. The number of halogens is 3. The van der Waals surface area contributed by atoms with Crippen LogP contribution in [0.25, 0.3) is 11.1 Å². The summed E-state index contributed by atoms with van der Waals surface area (Å²) in [5.74, 6) is -0.660. The van der Waals surface area contributed by atoms with Gasteiger partial charge in [-0.05, 0) is 60.3 Å². The van der Waals surface area contributed by atoms with E-state index in [-0.39, 0.29) is 17.5 Å². The van der Waals surface area contributed by atoms with Crippen molar-refractivity contribution < 1.29 is 40.0 Å². The highest BCUT2D eigenvalue weighted by atomic mass is 32.2. The molecule has 32 heavy (non-hydrogen) atoms. The van der Waals surface area contributed by atoms with Gasteiger partial charge in [0.25, 0.3) is 0 Å². The van der Waals surface area contributed by atoms with Gasteiger partial charge in [-0.3, -0.25) is 9.69 Å². The Bertz CT molecular complexity index is 1210. The number of ether oxygens (including phenoxy) is 2. The Balaban J connectivity index is 1.98. The second kappa shape index (κ2) is 7.66. The quantitative estimate of drug-likeness (QED) is 0.292. The van der Waals surface area contributed by atoms with Gasteiger partial charge in [0, 0.05) is 25.1 Å². The van der Waals surface area contributed by atoms with Gasteiger partial charge in [0.05, 0.1) is 7.11 Å². The first kappa shape index (κ1) is 22.4. The summed E-state index contributed by atoms with van der Waals surface area (Å²) in [6, 6.07) is 5.96. The largest absolute Gasteiger partial charge is 0.534 e. The lowest BCUT2D eigenvalue weighted by atomic mass is 9.76. The highest BCUT2D eigenvalue weighted by Crippen LogP contribution is 2.52. The molecule has 172 valence electrons. The lowest BCUT2D eigenvalue weighted by Gasteiger charge is -2.40. The zero-order chi connectivity index (χ0) is 23.4. The van der Waals surface area contributed by atoms with E-state index in [9.17, 15) is 26.4 Å². The van der Waals surface area contributed by atoms with E-state index < -0.39 is 27.3 Å². The molecule has 0 bridgehead atoms. The van der Waals surface area contributed by atoms with Crippen LogP contribution in [-0.2, 0) is 27.8 Å². The molecule has 0 fully saturated rings. The molecule has 0 saturated carbocycles. The molecule has 1 aliphatic carbocycles. The summed E-state index contributed by atoms with van der Waals surface area (Å²) in [5.41, 5.74) is -2.34. The summed E-state index contributed by atoms with van der Waals surface area (Å²) >= 11 is 0. The number of benzene rings is 2. The molecule has 0 N–H and O–H groups in total. The van der Waals surface area contributed by atoms with E-state index in [1.807, 2.05) is 7.05 Å². The fourth-order valence-electron chi connectivity index (χ4n) is 4.33. The molecule has 0 saturated heterocycles. The maximum absolute atomic E-state index is 12.9. The zero-order valence-electron chi connectivity index (χ0n) is 17.4. The third-order valence-electron chi connectivity index (χ3n) is 5.68. The van der Waals surface area contributed by atoms with Gasteiger partial charge in [0.2, 0.25) is 0 Å². The van der Waals surface area contributed by atoms with Gasteiger partial charge >= 0.3 is 21.6 Å². The Hall–Kier alpha value is -2.79. The monoisotopic (exact) mass is 471 g/mol. The number of nitrogens with zero attached hydrogens (tertiary/aromatic N) is 1. The van der Waals surface area contributed by atoms with Crippen LogP contribution in [0.1, 0.15) is 29.7 Å². The number of methoxy groups -OCH3 is 1. The fourth-order valence-corrected chi connectivity index (χ4v) is 4.77. The molecule has 7 nitrogen and oxygen atoms in total.